The highest BCUT2D eigenvalue weighted by Gasteiger charge is 2.31. The van der Waals surface area contributed by atoms with Crippen LogP contribution in [0.5, 0.6) is 5.75 Å². The van der Waals surface area contributed by atoms with Gasteiger partial charge in [0.1, 0.15) is 5.75 Å². The quantitative estimate of drug-likeness (QED) is 0.763. The molecule has 1 aliphatic rings. The van der Waals surface area contributed by atoms with Crippen molar-refractivity contribution in [2.75, 3.05) is 13.2 Å². The van der Waals surface area contributed by atoms with Crippen LogP contribution in [0.15, 0.2) is 48.5 Å². The number of fused-ring (bicyclic) bond motifs is 1. The van der Waals surface area contributed by atoms with Crippen molar-refractivity contribution in [1.29, 1.82) is 0 Å². The predicted octanol–water partition coefficient (Wildman–Crippen LogP) is 3.11. The maximum absolute atomic E-state index is 10.1. The zero-order valence-corrected chi connectivity index (χ0v) is 14.0. The van der Waals surface area contributed by atoms with Crippen molar-refractivity contribution < 1.29 is 14.9 Å². The summed E-state index contributed by atoms with van der Waals surface area (Å²) in [4.78, 5) is 0. The largest absolute Gasteiger partial charge is 0.508 e. The van der Waals surface area contributed by atoms with Gasteiger partial charge in [0, 0.05) is 17.6 Å². The number of rotatable bonds is 6. The van der Waals surface area contributed by atoms with E-state index >= 15 is 0 Å². The first-order valence-electron chi connectivity index (χ1n) is 8.55. The number of aryl methyl sites for hydroxylation is 1. The maximum Gasteiger partial charge on any atom is 0.120 e. The van der Waals surface area contributed by atoms with Crippen LogP contribution in [-0.4, -0.2) is 29.5 Å². The third-order valence-corrected chi connectivity index (χ3v) is 4.71. The second kappa shape index (κ2) is 7.79. The van der Waals surface area contributed by atoms with E-state index in [1.165, 1.54) is 11.1 Å². The summed E-state index contributed by atoms with van der Waals surface area (Å²) in [6.07, 6.45) is 1.88. The van der Waals surface area contributed by atoms with Crippen molar-refractivity contribution in [3.8, 4) is 5.75 Å². The number of hydrogen-bond donors (Lipinski definition) is 3. The van der Waals surface area contributed by atoms with Crippen molar-refractivity contribution in [3.05, 3.63) is 65.2 Å². The lowest BCUT2D eigenvalue weighted by Gasteiger charge is -2.36. The number of nitrogens with one attached hydrogen (secondary N) is 1. The number of ether oxygens (including phenoxy) is 1. The van der Waals surface area contributed by atoms with Crippen LogP contribution in [-0.2, 0) is 11.2 Å². The fourth-order valence-corrected chi connectivity index (χ4v) is 3.54. The van der Waals surface area contributed by atoms with Crippen LogP contribution in [0, 0.1) is 0 Å². The molecule has 0 aliphatic heterocycles. The van der Waals surface area contributed by atoms with Crippen LogP contribution in [0.3, 0.4) is 0 Å². The van der Waals surface area contributed by atoms with Crippen molar-refractivity contribution in [1.82, 2.24) is 5.32 Å². The Hall–Kier alpha value is -1.88. The summed E-state index contributed by atoms with van der Waals surface area (Å²) in [6, 6.07) is 15.9. The number of aromatic hydroxyl groups is 1. The molecule has 0 saturated carbocycles. The molecule has 3 atom stereocenters. The van der Waals surface area contributed by atoms with Crippen molar-refractivity contribution in [2.45, 2.75) is 38.0 Å². The molecule has 128 valence electrons. The van der Waals surface area contributed by atoms with Crippen LogP contribution in [0.2, 0.25) is 0 Å². The summed E-state index contributed by atoms with van der Waals surface area (Å²) >= 11 is 0. The molecule has 0 amide bonds. The summed E-state index contributed by atoms with van der Waals surface area (Å²) in [5.41, 5.74) is 3.39. The molecule has 2 aromatic rings. The van der Waals surface area contributed by atoms with Crippen LogP contribution in [0.4, 0.5) is 0 Å². The highest BCUT2D eigenvalue weighted by Crippen LogP contribution is 2.34. The van der Waals surface area contributed by atoms with E-state index in [4.69, 9.17) is 9.84 Å². The van der Waals surface area contributed by atoms with Crippen LogP contribution >= 0.6 is 0 Å². The van der Waals surface area contributed by atoms with Gasteiger partial charge in [-0.2, -0.15) is 0 Å². The Morgan fingerprint density at radius 2 is 1.92 bits per heavy atom. The van der Waals surface area contributed by atoms with E-state index in [1.807, 2.05) is 24.3 Å². The molecular formula is C20H25NO3. The molecule has 2 aromatic carbocycles. The summed E-state index contributed by atoms with van der Waals surface area (Å²) in [6.45, 7) is 2.39. The molecule has 3 rings (SSSR count). The number of aliphatic hydroxyl groups excluding tert-OH is 1. The van der Waals surface area contributed by atoms with Crippen molar-refractivity contribution in [3.63, 3.8) is 0 Å². The molecule has 4 heteroatoms. The van der Waals surface area contributed by atoms with E-state index in [9.17, 15) is 5.11 Å². The third-order valence-electron chi connectivity index (χ3n) is 4.71. The lowest BCUT2D eigenvalue weighted by atomic mass is 9.85. The van der Waals surface area contributed by atoms with E-state index in [1.54, 1.807) is 6.07 Å². The number of phenolic OH excluding ortho intramolecular Hbond substituents is 1. The molecule has 0 aromatic heterocycles. The van der Waals surface area contributed by atoms with E-state index in [-0.39, 0.29) is 24.8 Å². The number of phenols is 1. The minimum absolute atomic E-state index is 0.0143. The highest BCUT2D eigenvalue weighted by atomic mass is 16.5. The molecule has 0 unspecified atom stereocenters. The van der Waals surface area contributed by atoms with Crippen LogP contribution in [0.25, 0.3) is 0 Å². The number of hydrogen-bond acceptors (Lipinski definition) is 4. The topological polar surface area (TPSA) is 61.7 Å². The molecule has 0 spiro atoms. The lowest BCUT2D eigenvalue weighted by molar-refractivity contribution is -0.00301. The van der Waals surface area contributed by atoms with E-state index in [0.29, 0.717) is 12.4 Å². The minimum Gasteiger partial charge on any atom is -0.508 e. The predicted molar refractivity (Wildman–Crippen MR) is 94.0 cm³/mol. The van der Waals surface area contributed by atoms with Gasteiger partial charge >= 0.3 is 0 Å². The van der Waals surface area contributed by atoms with E-state index < -0.39 is 0 Å². The number of benzene rings is 2. The highest BCUT2D eigenvalue weighted by molar-refractivity contribution is 5.36. The number of para-hydroxylation sites is 1. The zero-order valence-electron chi connectivity index (χ0n) is 14.0. The van der Waals surface area contributed by atoms with Crippen LogP contribution < -0.4 is 5.32 Å². The maximum atomic E-state index is 10.1. The van der Waals surface area contributed by atoms with Gasteiger partial charge in [0.25, 0.3) is 0 Å². The van der Waals surface area contributed by atoms with Crippen molar-refractivity contribution in [2.24, 2.45) is 0 Å². The summed E-state index contributed by atoms with van der Waals surface area (Å²) in [5, 5.41) is 22.8. The number of aliphatic hydroxyl groups is 1. The van der Waals surface area contributed by atoms with Gasteiger partial charge in [0.05, 0.1) is 19.3 Å². The molecule has 0 bridgehead atoms. The molecule has 0 radical (unpaired) electrons. The van der Waals surface area contributed by atoms with Gasteiger partial charge in [0.15, 0.2) is 0 Å². The molecule has 0 heterocycles. The van der Waals surface area contributed by atoms with Crippen LogP contribution in [0.1, 0.15) is 42.2 Å². The Labute approximate surface area is 143 Å². The Balaban J connectivity index is 1.80. The first-order chi connectivity index (χ1) is 11.7. The fourth-order valence-electron chi connectivity index (χ4n) is 3.54. The average molecular weight is 327 g/mol. The van der Waals surface area contributed by atoms with Gasteiger partial charge < -0.3 is 20.3 Å². The molecular weight excluding hydrogens is 302 g/mol. The van der Waals surface area contributed by atoms with Gasteiger partial charge in [-0.25, -0.2) is 0 Å². The average Bonchev–Trinajstić information content (AvgIpc) is 2.61. The standard InChI is InChI=1S/C20H25NO3/c1-14(16-7-4-5-9-19(16)23)21-18-11-10-15-6-2-3-8-17(15)20(18)24-13-12-22/h2-9,14,18,20-23H,10-13H2,1H3/t14-,18+,20+/m1/s1. The second-order valence-corrected chi connectivity index (χ2v) is 6.31. The Bertz CT molecular complexity index is 673. The molecule has 0 fully saturated rings. The summed E-state index contributed by atoms with van der Waals surface area (Å²) in [7, 11) is 0. The van der Waals surface area contributed by atoms with E-state index in [0.717, 1.165) is 18.4 Å². The third kappa shape index (κ3) is 3.61. The summed E-state index contributed by atoms with van der Waals surface area (Å²) < 4.78 is 5.96. The Morgan fingerprint density at radius 1 is 1.17 bits per heavy atom. The first kappa shape index (κ1) is 17.0. The molecule has 3 N–H and O–H groups in total. The molecule has 4 nitrogen and oxygen atoms in total. The molecule has 0 saturated heterocycles. The molecule has 24 heavy (non-hydrogen) atoms. The normalized spacial score (nSPS) is 21.2. The Morgan fingerprint density at radius 3 is 2.71 bits per heavy atom. The fraction of sp³-hybridized carbons (Fsp3) is 0.400. The van der Waals surface area contributed by atoms with Gasteiger partial charge in [-0.15, -0.1) is 0 Å². The SMILES string of the molecule is C[C@@H](N[C@H]1CCc2ccccc2[C@@H]1OCCO)c1ccccc1O. The monoisotopic (exact) mass is 327 g/mol. The molecule has 1 aliphatic carbocycles. The second-order valence-electron chi connectivity index (χ2n) is 6.31. The van der Waals surface area contributed by atoms with Gasteiger partial charge in [-0.1, -0.05) is 42.5 Å². The lowest BCUT2D eigenvalue weighted by Crippen LogP contribution is -2.41. The Kier molecular flexibility index (Phi) is 5.51. The summed E-state index contributed by atoms with van der Waals surface area (Å²) in [5.74, 6) is 0.307. The van der Waals surface area contributed by atoms with Gasteiger partial charge in [0.2, 0.25) is 0 Å². The smallest absolute Gasteiger partial charge is 0.120 e. The van der Waals surface area contributed by atoms with Gasteiger partial charge in [-0.3, -0.25) is 0 Å². The van der Waals surface area contributed by atoms with Gasteiger partial charge in [-0.05, 0) is 37.0 Å². The first-order valence-corrected chi connectivity index (χ1v) is 8.55. The minimum atomic E-state index is -0.0876. The van der Waals surface area contributed by atoms with E-state index in [2.05, 4.69) is 30.4 Å². The zero-order chi connectivity index (χ0) is 16.9. The van der Waals surface area contributed by atoms with Crippen molar-refractivity contribution >= 4 is 0 Å².